The van der Waals surface area contributed by atoms with Crippen LogP contribution in [0.5, 0.6) is 0 Å². The lowest BCUT2D eigenvalue weighted by atomic mass is 10.0. The second-order valence-corrected chi connectivity index (χ2v) is 4.78. The topological polar surface area (TPSA) is 58.4 Å². The molecule has 0 saturated heterocycles. The number of amides is 1. The molecule has 0 aromatic carbocycles. The zero-order chi connectivity index (χ0) is 13.3. The third-order valence-electron chi connectivity index (χ3n) is 3.45. The fourth-order valence-corrected chi connectivity index (χ4v) is 1.91. The molecule has 4 heteroatoms. The van der Waals surface area contributed by atoms with Gasteiger partial charge in [0, 0.05) is 6.04 Å². The van der Waals surface area contributed by atoms with Gasteiger partial charge >= 0.3 is 0 Å². The third kappa shape index (κ3) is 6.03. The SMILES string of the molecule is CCCCN(CCCC)C(C)C(C)C(=O)NN. The molecule has 3 N–H and O–H groups in total. The second kappa shape index (κ2) is 9.42. The number of carbonyl (C=O) groups is 1. The van der Waals surface area contributed by atoms with Gasteiger partial charge in [0.1, 0.15) is 0 Å². The summed E-state index contributed by atoms with van der Waals surface area (Å²) in [6.07, 6.45) is 4.75. The standard InChI is InChI=1S/C13H29N3O/c1-5-7-9-16(10-8-6-2)12(4)11(3)13(17)15-14/h11-12H,5-10,14H2,1-4H3,(H,15,17). The Morgan fingerprint density at radius 2 is 1.65 bits per heavy atom. The first kappa shape index (κ1) is 16.4. The monoisotopic (exact) mass is 243 g/mol. The van der Waals surface area contributed by atoms with Gasteiger partial charge in [0.15, 0.2) is 0 Å². The summed E-state index contributed by atoms with van der Waals surface area (Å²) in [4.78, 5) is 14.0. The van der Waals surface area contributed by atoms with Crippen LogP contribution in [0.15, 0.2) is 0 Å². The first-order valence-electron chi connectivity index (χ1n) is 6.82. The summed E-state index contributed by atoms with van der Waals surface area (Å²) in [6.45, 7) is 10.6. The van der Waals surface area contributed by atoms with E-state index in [9.17, 15) is 4.79 Å². The maximum Gasteiger partial charge on any atom is 0.238 e. The van der Waals surface area contributed by atoms with Crippen molar-refractivity contribution in [3.05, 3.63) is 0 Å². The summed E-state index contributed by atoms with van der Waals surface area (Å²) in [6, 6.07) is 0.247. The number of nitrogens with zero attached hydrogens (tertiary/aromatic N) is 1. The fourth-order valence-electron chi connectivity index (χ4n) is 1.91. The Hall–Kier alpha value is -0.610. The lowest BCUT2D eigenvalue weighted by Crippen LogP contribution is -2.46. The summed E-state index contributed by atoms with van der Waals surface area (Å²) >= 11 is 0. The molecule has 0 aliphatic rings. The number of hydrazine groups is 1. The van der Waals surface area contributed by atoms with Crippen molar-refractivity contribution >= 4 is 5.91 Å². The van der Waals surface area contributed by atoms with E-state index in [1.807, 2.05) is 6.92 Å². The Labute approximate surface area is 106 Å². The molecule has 0 heterocycles. The normalized spacial score (nSPS) is 14.7. The van der Waals surface area contributed by atoms with Gasteiger partial charge in [0.25, 0.3) is 0 Å². The summed E-state index contributed by atoms with van der Waals surface area (Å²) in [7, 11) is 0. The van der Waals surface area contributed by atoms with Crippen LogP contribution in [0.1, 0.15) is 53.4 Å². The number of rotatable bonds is 9. The highest BCUT2D eigenvalue weighted by Gasteiger charge is 2.24. The minimum absolute atomic E-state index is 0.0614. The van der Waals surface area contributed by atoms with Gasteiger partial charge in [0.2, 0.25) is 5.91 Å². The van der Waals surface area contributed by atoms with Crippen molar-refractivity contribution in [2.75, 3.05) is 13.1 Å². The van der Waals surface area contributed by atoms with E-state index in [-0.39, 0.29) is 17.9 Å². The molecule has 2 unspecified atom stereocenters. The van der Waals surface area contributed by atoms with Crippen molar-refractivity contribution in [3.63, 3.8) is 0 Å². The average molecular weight is 243 g/mol. The maximum atomic E-state index is 11.5. The van der Waals surface area contributed by atoms with E-state index < -0.39 is 0 Å². The van der Waals surface area contributed by atoms with Crippen LogP contribution < -0.4 is 11.3 Å². The first-order chi connectivity index (χ1) is 8.08. The van der Waals surface area contributed by atoms with E-state index in [1.165, 1.54) is 25.7 Å². The predicted molar refractivity (Wildman–Crippen MR) is 72.3 cm³/mol. The molecule has 0 radical (unpaired) electrons. The molecule has 102 valence electrons. The second-order valence-electron chi connectivity index (χ2n) is 4.78. The molecule has 2 atom stereocenters. The van der Waals surface area contributed by atoms with E-state index in [4.69, 9.17) is 5.84 Å². The Morgan fingerprint density at radius 1 is 1.18 bits per heavy atom. The highest BCUT2D eigenvalue weighted by Crippen LogP contribution is 2.13. The molecule has 0 aromatic rings. The van der Waals surface area contributed by atoms with E-state index in [0.717, 1.165) is 13.1 Å². The van der Waals surface area contributed by atoms with Crippen molar-refractivity contribution in [1.82, 2.24) is 10.3 Å². The number of nitrogens with one attached hydrogen (secondary N) is 1. The Balaban J connectivity index is 4.37. The zero-order valence-electron chi connectivity index (χ0n) is 11.8. The van der Waals surface area contributed by atoms with Crippen molar-refractivity contribution < 1.29 is 4.79 Å². The smallest absolute Gasteiger partial charge is 0.238 e. The van der Waals surface area contributed by atoms with Gasteiger partial charge in [-0.05, 0) is 32.9 Å². The maximum absolute atomic E-state index is 11.5. The van der Waals surface area contributed by atoms with Gasteiger partial charge < -0.3 is 0 Å². The third-order valence-corrected chi connectivity index (χ3v) is 3.45. The van der Waals surface area contributed by atoms with Crippen LogP contribution in [0.4, 0.5) is 0 Å². The van der Waals surface area contributed by atoms with Crippen molar-refractivity contribution in [3.8, 4) is 0 Å². The molecule has 17 heavy (non-hydrogen) atoms. The molecule has 4 nitrogen and oxygen atoms in total. The Bertz CT molecular complexity index is 201. The number of unbranched alkanes of at least 4 members (excludes halogenated alkanes) is 2. The first-order valence-corrected chi connectivity index (χ1v) is 6.82. The quantitative estimate of drug-likeness (QED) is 0.369. The van der Waals surface area contributed by atoms with Crippen LogP contribution in [-0.2, 0) is 4.79 Å². The molecule has 0 aliphatic carbocycles. The highest BCUT2D eigenvalue weighted by molar-refractivity contribution is 5.78. The summed E-state index contributed by atoms with van der Waals surface area (Å²) in [5.74, 6) is 5.06. The number of nitrogens with two attached hydrogens (primary N) is 1. The molecule has 0 aliphatic heterocycles. The van der Waals surface area contributed by atoms with Crippen molar-refractivity contribution in [1.29, 1.82) is 0 Å². The minimum Gasteiger partial charge on any atom is -0.300 e. The molecule has 1 amide bonds. The zero-order valence-corrected chi connectivity index (χ0v) is 11.8. The van der Waals surface area contributed by atoms with Gasteiger partial charge in [-0.3, -0.25) is 15.1 Å². The average Bonchev–Trinajstić information content (AvgIpc) is 2.36. The van der Waals surface area contributed by atoms with E-state index in [1.54, 1.807) is 0 Å². The molecule has 0 saturated carbocycles. The van der Waals surface area contributed by atoms with Crippen LogP contribution in [0.2, 0.25) is 0 Å². The summed E-state index contributed by atoms with van der Waals surface area (Å²) in [5, 5.41) is 0. The largest absolute Gasteiger partial charge is 0.300 e. The van der Waals surface area contributed by atoms with Crippen LogP contribution >= 0.6 is 0 Å². The number of carbonyl (C=O) groups excluding carboxylic acids is 1. The lowest BCUT2D eigenvalue weighted by Gasteiger charge is -2.32. The molecule has 0 fully saturated rings. The summed E-state index contributed by atoms with van der Waals surface area (Å²) < 4.78 is 0. The van der Waals surface area contributed by atoms with Crippen LogP contribution in [0.25, 0.3) is 0 Å². The molecule has 0 spiro atoms. The Morgan fingerprint density at radius 3 is 2.00 bits per heavy atom. The van der Waals surface area contributed by atoms with E-state index in [0.29, 0.717) is 0 Å². The lowest BCUT2D eigenvalue weighted by molar-refractivity contribution is -0.126. The Kier molecular flexibility index (Phi) is 9.09. The van der Waals surface area contributed by atoms with E-state index >= 15 is 0 Å². The van der Waals surface area contributed by atoms with Crippen LogP contribution in [0.3, 0.4) is 0 Å². The highest BCUT2D eigenvalue weighted by atomic mass is 16.2. The fraction of sp³-hybridized carbons (Fsp3) is 0.923. The summed E-state index contributed by atoms with van der Waals surface area (Å²) in [5.41, 5.74) is 2.25. The van der Waals surface area contributed by atoms with Gasteiger partial charge in [-0.2, -0.15) is 0 Å². The number of hydrogen-bond donors (Lipinski definition) is 2. The van der Waals surface area contributed by atoms with Crippen LogP contribution in [-0.4, -0.2) is 29.9 Å². The van der Waals surface area contributed by atoms with Gasteiger partial charge in [-0.15, -0.1) is 0 Å². The van der Waals surface area contributed by atoms with Gasteiger partial charge in [-0.1, -0.05) is 33.6 Å². The van der Waals surface area contributed by atoms with Gasteiger partial charge in [0.05, 0.1) is 5.92 Å². The van der Waals surface area contributed by atoms with E-state index in [2.05, 4.69) is 31.1 Å². The minimum atomic E-state index is -0.0736. The van der Waals surface area contributed by atoms with Crippen molar-refractivity contribution in [2.45, 2.75) is 59.4 Å². The number of hydrogen-bond acceptors (Lipinski definition) is 3. The molecule has 0 rings (SSSR count). The van der Waals surface area contributed by atoms with Gasteiger partial charge in [-0.25, -0.2) is 5.84 Å². The molecular weight excluding hydrogens is 214 g/mol. The predicted octanol–water partition coefficient (Wildman–Crippen LogP) is 1.90. The van der Waals surface area contributed by atoms with Crippen LogP contribution in [0, 0.1) is 5.92 Å². The molecule has 0 bridgehead atoms. The molecule has 0 aromatic heterocycles. The molecular formula is C13H29N3O. The van der Waals surface area contributed by atoms with Crippen molar-refractivity contribution in [2.24, 2.45) is 11.8 Å².